The van der Waals surface area contributed by atoms with Gasteiger partial charge in [0.2, 0.25) is 0 Å². The van der Waals surface area contributed by atoms with Crippen LogP contribution in [0.5, 0.6) is 0 Å². The zero-order chi connectivity index (χ0) is 9.35. The molecule has 1 saturated heterocycles. The molecule has 1 fully saturated rings. The van der Waals surface area contributed by atoms with Crippen molar-refractivity contribution in [3.8, 4) is 0 Å². The molecule has 3 heteroatoms. The average molecular weight is 171 g/mol. The molecule has 3 nitrogen and oxygen atoms in total. The highest BCUT2D eigenvalue weighted by atomic mass is 15.5. The van der Waals surface area contributed by atoms with Gasteiger partial charge in [0.15, 0.2) is 0 Å². The fourth-order valence-corrected chi connectivity index (χ4v) is 1.96. The molecule has 2 N–H and O–H groups in total. The van der Waals surface area contributed by atoms with Gasteiger partial charge in [-0.3, -0.25) is 10.7 Å². The highest BCUT2D eigenvalue weighted by Crippen LogP contribution is 2.27. The standard InChI is InChI=1S/C9H21N3/c1-5-9(3)8(2)12(10)7-6-11(9)4/h8H,5-7,10H2,1-4H3. The van der Waals surface area contributed by atoms with E-state index in [4.69, 9.17) is 5.84 Å². The van der Waals surface area contributed by atoms with Crippen LogP contribution in [0.1, 0.15) is 27.2 Å². The van der Waals surface area contributed by atoms with E-state index in [1.807, 2.05) is 5.01 Å². The van der Waals surface area contributed by atoms with Gasteiger partial charge in [-0.25, -0.2) is 5.01 Å². The molecule has 2 atom stereocenters. The summed E-state index contributed by atoms with van der Waals surface area (Å²) in [6, 6.07) is 0.446. The van der Waals surface area contributed by atoms with Crippen molar-refractivity contribution in [2.24, 2.45) is 5.84 Å². The average Bonchev–Trinajstić information content (AvgIpc) is 2.08. The smallest absolute Gasteiger partial charge is 0.0394 e. The van der Waals surface area contributed by atoms with Gasteiger partial charge in [0.05, 0.1) is 0 Å². The van der Waals surface area contributed by atoms with E-state index in [0.717, 1.165) is 19.5 Å². The largest absolute Gasteiger partial charge is 0.298 e. The lowest BCUT2D eigenvalue weighted by Gasteiger charge is -2.50. The van der Waals surface area contributed by atoms with Crippen LogP contribution in [0, 0.1) is 0 Å². The summed E-state index contributed by atoms with van der Waals surface area (Å²) in [5, 5.41) is 1.96. The van der Waals surface area contributed by atoms with E-state index in [9.17, 15) is 0 Å². The summed E-state index contributed by atoms with van der Waals surface area (Å²) in [5.74, 6) is 5.90. The van der Waals surface area contributed by atoms with Crippen molar-refractivity contribution in [3.63, 3.8) is 0 Å². The van der Waals surface area contributed by atoms with Crippen LogP contribution in [0.3, 0.4) is 0 Å². The number of piperazine rings is 1. The van der Waals surface area contributed by atoms with Crippen molar-refractivity contribution in [3.05, 3.63) is 0 Å². The third kappa shape index (κ3) is 1.37. The van der Waals surface area contributed by atoms with Crippen molar-refractivity contribution < 1.29 is 0 Å². The molecule has 72 valence electrons. The second-order valence-corrected chi connectivity index (χ2v) is 4.05. The molecule has 0 saturated carbocycles. The zero-order valence-electron chi connectivity index (χ0n) is 8.67. The minimum atomic E-state index is 0.243. The molecule has 1 aliphatic heterocycles. The summed E-state index contributed by atoms with van der Waals surface area (Å²) in [5.41, 5.74) is 0.243. The topological polar surface area (TPSA) is 32.5 Å². The first-order chi connectivity index (χ1) is 5.52. The summed E-state index contributed by atoms with van der Waals surface area (Å²) < 4.78 is 0. The Labute approximate surface area is 75.5 Å². The Morgan fingerprint density at radius 1 is 1.50 bits per heavy atom. The zero-order valence-corrected chi connectivity index (χ0v) is 8.67. The van der Waals surface area contributed by atoms with Gasteiger partial charge in [-0.05, 0) is 27.3 Å². The van der Waals surface area contributed by atoms with Crippen molar-refractivity contribution in [2.45, 2.75) is 38.8 Å². The van der Waals surface area contributed by atoms with Gasteiger partial charge in [-0.15, -0.1) is 0 Å². The number of likely N-dealkylation sites (N-methyl/N-ethyl adjacent to an activating group) is 1. The fourth-order valence-electron chi connectivity index (χ4n) is 1.96. The van der Waals surface area contributed by atoms with Crippen LogP contribution < -0.4 is 5.84 Å². The van der Waals surface area contributed by atoms with Crippen LogP contribution in [0.2, 0.25) is 0 Å². The Balaban J connectivity index is 2.78. The molecule has 2 unspecified atom stereocenters. The number of nitrogens with zero attached hydrogens (tertiary/aromatic N) is 2. The van der Waals surface area contributed by atoms with Gasteiger partial charge >= 0.3 is 0 Å². The second-order valence-electron chi connectivity index (χ2n) is 4.05. The van der Waals surface area contributed by atoms with Crippen molar-refractivity contribution in [1.82, 2.24) is 9.91 Å². The molecule has 0 bridgehead atoms. The predicted molar refractivity (Wildman–Crippen MR) is 51.7 cm³/mol. The maximum Gasteiger partial charge on any atom is 0.0394 e. The van der Waals surface area contributed by atoms with Gasteiger partial charge in [0, 0.05) is 24.7 Å². The predicted octanol–water partition coefficient (Wildman–Crippen LogP) is 0.665. The quantitative estimate of drug-likeness (QED) is 0.588. The number of hydrazine groups is 1. The molecular weight excluding hydrogens is 150 g/mol. The van der Waals surface area contributed by atoms with Gasteiger partial charge in [0.25, 0.3) is 0 Å². The maximum atomic E-state index is 5.90. The van der Waals surface area contributed by atoms with E-state index < -0.39 is 0 Å². The third-order valence-corrected chi connectivity index (χ3v) is 3.68. The summed E-state index contributed by atoms with van der Waals surface area (Å²) in [4.78, 5) is 2.42. The lowest BCUT2D eigenvalue weighted by Crippen LogP contribution is -2.66. The minimum Gasteiger partial charge on any atom is -0.298 e. The Bertz CT molecular complexity index is 160. The summed E-state index contributed by atoms with van der Waals surface area (Å²) in [7, 11) is 2.19. The summed E-state index contributed by atoms with van der Waals surface area (Å²) in [6.07, 6.45) is 1.15. The van der Waals surface area contributed by atoms with Gasteiger partial charge in [-0.1, -0.05) is 6.92 Å². The highest BCUT2D eigenvalue weighted by molar-refractivity contribution is 4.96. The Kier molecular flexibility index (Phi) is 2.76. The van der Waals surface area contributed by atoms with Crippen LogP contribution in [0.25, 0.3) is 0 Å². The molecule has 1 heterocycles. The van der Waals surface area contributed by atoms with Crippen molar-refractivity contribution in [2.75, 3.05) is 20.1 Å². The summed E-state index contributed by atoms with van der Waals surface area (Å²) >= 11 is 0. The third-order valence-electron chi connectivity index (χ3n) is 3.68. The Morgan fingerprint density at radius 3 is 2.50 bits per heavy atom. The van der Waals surface area contributed by atoms with Crippen LogP contribution in [0.15, 0.2) is 0 Å². The molecule has 1 rings (SSSR count). The number of hydrogen-bond acceptors (Lipinski definition) is 3. The molecule has 0 aromatic rings. The molecule has 0 aromatic carbocycles. The van der Waals surface area contributed by atoms with Crippen LogP contribution >= 0.6 is 0 Å². The summed E-state index contributed by atoms with van der Waals surface area (Å²) in [6.45, 7) is 8.78. The first-order valence-corrected chi connectivity index (χ1v) is 4.75. The van der Waals surface area contributed by atoms with E-state index in [-0.39, 0.29) is 5.54 Å². The minimum absolute atomic E-state index is 0.243. The first kappa shape index (κ1) is 9.96. The van der Waals surface area contributed by atoms with E-state index in [0.29, 0.717) is 6.04 Å². The van der Waals surface area contributed by atoms with Gasteiger partial charge in [-0.2, -0.15) is 0 Å². The molecular formula is C9H21N3. The molecule has 12 heavy (non-hydrogen) atoms. The Morgan fingerprint density at radius 2 is 2.08 bits per heavy atom. The fraction of sp³-hybridized carbons (Fsp3) is 1.00. The van der Waals surface area contributed by atoms with Crippen molar-refractivity contribution in [1.29, 1.82) is 0 Å². The van der Waals surface area contributed by atoms with Gasteiger partial charge < -0.3 is 0 Å². The lowest BCUT2D eigenvalue weighted by molar-refractivity contribution is -0.0237. The molecule has 0 amide bonds. The van der Waals surface area contributed by atoms with Crippen LogP contribution in [-0.4, -0.2) is 41.6 Å². The first-order valence-electron chi connectivity index (χ1n) is 4.75. The van der Waals surface area contributed by atoms with Gasteiger partial charge in [0.1, 0.15) is 0 Å². The maximum absolute atomic E-state index is 5.90. The van der Waals surface area contributed by atoms with Crippen LogP contribution in [-0.2, 0) is 0 Å². The van der Waals surface area contributed by atoms with E-state index in [1.54, 1.807) is 0 Å². The normalized spacial score (nSPS) is 40.2. The molecule has 0 aromatic heterocycles. The second kappa shape index (κ2) is 3.32. The molecule has 1 aliphatic rings. The van der Waals surface area contributed by atoms with Crippen molar-refractivity contribution >= 4 is 0 Å². The van der Waals surface area contributed by atoms with Crippen LogP contribution in [0.4, 0.5) is 0 Å². The Hall–Kier alpha value is -0.120. The SMILES string of the molecule is CCC1(C)C(C)N(N)CCN1C. The molecule has 0 spiro atoms. The van der Waals surface area contributed by atoms with E-state index in [2.05, 4.69) is 32.7 Å². The number of rotatable bonds is 1. The van der Waals surface area contributed by atoms with E-state index >= 15 is 0 Å². The monoisotopic (exact) mass is 171 g/mol. The van der Waals surface area contributed by atoms with E-state index in [1.165, 1.54) is 0 Å². The number of nitrogens with two attached hydrogens (primary N) is 1. The number of hydrogen-bond donors (Lipinski definition) is 1. The lowest BCUT2D eigenvalue weighted by atomic mass is 9.86. The highest BCUT2D eigenvalue weighted by Gasteiger charge is 2.39. The molecule has 0 radical (unpaired) electrons. The molecule has 0 aliphatic carbocycles.